The molecule has 0 aromatic rings. The Kier molecular flexibility index (Phi) is 6.66. The first-order chi connectivity index (χ1) is 5.66. The van der Waals surface area contributed by atoms with Crippen molar-refractivity contribution in [3.8, 4) is 0 Å². The molecule has 0 saturated carbocycles. The van der Waals surface area contributed by atoms with Gasteiger partial charge in [-0.15, -0.1) is 0 Å². The van der Waals surface area contributed by atoms with E-state index in [-0.39, 0.29) is 5.91 Å². The summed E-state index contributed by atoms with van der Waals surface area (Å²) in [6, 6.07) is 0. The van der Waals surface area contributed by atoms with Gasteiger partial charge in [-0.3, -0.25) is 9.00 Å². The maximum absolute atomic E-state index is 10.8. The second kappa shape index (κ2) is 7.03. The van der Waals surface area contributed by atoms with Crippen molar-refractivity contribution in [3.63, 3.8) is 0 Å². The first-order valence-corrected chi connectivity index (χ1v) is 5.60. The fourth-order valence-electron chi connectivity index (χ4n) is 0.697. The normalized spacial score (nSPS) is 13.2. The molecule has 0 aliphatic rings. The van der Waals surface area contributed by atoms with E-state index in [2.05, 4.69) is 5.32 Å². The predicted molar refractivity (Wildman–Crippen MR) is 51.4 cm³/mol. The predicted octanol–water partition coefficient (Wildman–Crippen LogP) is 0.447. The highest BCUT2D eigenvalue weighted by Crippen LogP contribution is 1.81. The Morgan fingerprint density at radius 1 is 1.58 bits per heavy atom. The molecule has 0 aliphatic carbocycles. The standard InChI is InChI=1S/C8H15NO2S/c1-3-5-8(10)9-6-4-7-12(2)11/h3,5H,4,6-7H2,1-2H3,(H,9,10)/b5-3+. The zero-order chi connectivity index (χ0) is 9.40. The Hall–Kier alpha value is -0.640. The fourth-order valence-corrected chi connectivity index (χ4v) is 1.25. The number of carbonyl (C=O) groups excluding carboxylic acids is 1. The molecule has 0 rings (SSSR count). The molecule has 1 amide bonds. The molecular weight excluding hydrogens is 174 g/mol. The molecular formula is C8H15NO2S. The van der Waals surface area contributed by atoms with Crippen LogP contribution in [0.2, 0.25) is 0 Å². The smallest absolute Gasteiger partial charge is 0.243 e. The monoisotopic (exact) mass is 189 g/mol. The summed E-state index contributed by atoms with van der Waals surface area (Å²) in [6.07, 6.45) is 5.59. The lowest BCUT2D eigenvalue weighted by Crippen LogP contribution is -2.23. The van der Waals surface area contributed by atoms with Gasteiger partial charge in [0, 0.05) is 29.4 Å². The van der Waals surface area contributed by atoms with E-state index in [9.17, 15) is 9.00 Å². The third-order valence-electron chi connectivity index (χ3n) is 1.23. The molecule has 3 nitrogen and oxygen atoms in total. The van der Waals surface area contributed by atoms with Crippen LogP contribution < -0.4 is 5.32 Å². The average Bonchev–Trinajstić information content (AvgIpc) is 1.98. The van der Waals surface area contributed by atoms with Crippen molar-refractivity contribution in [2.45, 2.75) is 13.3 Å². The van der Waals surface area contributed by atoms with Crippen LogP contribution in [-0.4, -0.2) is 28.7 Å². The van der Waals surface area contributed by atoms with Crippen molar-refractivity contribution in [3.05, 3.63) is 12.2 Å². The molecule has 1 unspecified atom stereocenters. The molecule has 0 fully saturated rings. The van der Waals surface area contributed by atoms with Crippen molar-refractivity contribution in [1.82, 2.24) is 5.32 Å². The summed E-state index contributed by atoms with van der Waals surface area (Å²) < 4.78 is 10.6. The van der Waals surface area contributed by atoms with E-state index in [1.54, 1.807) is 19.3 Å². The van der Waals surface area contributed by atoms with Gasteiger partial charge in [-0.05, 0) is 19.4 Å². The van der Waals surface area contributed by atoms with Gasteiger partial charge in [0.2, 0.25) is 5.91 Å². The van der Waals surface area contributed by atoms with Crippen LogP contribution in [-0.2, 0) is 15.6 Å². The van der Waals surface area contributed by atoms with Crippen molar-refractivity contribution in [2.75, 3.05) is 18.6 Å². The second-order valence-electron chi connectivity index (χ2n) is 2.42. The summed E-state index contributed by atoms with van der Waals surface area (Å²) in [5.74, 6) is 0.565. The Morgan fingerprint density at radius 3 is 2.75 bits per heavy atom. The number of carbonyl (C=O) groups is 1. The highest BCUT2D eigenvalue weighted by atomic mass is 32.2. The van der Waals surface area contributed by atoms with E-state index in [4.69, 9.17) is 0 Å². The summed E-state index contributed by atoms with van der Waals surface area (Å²) in [7, 11) is -0.753. The second-order valence-corrected chi connectivity index (χ2v) is 3.98. The molecule has 0 saturated heterocycles. The number of hydrogen-bond donors (Lipinski definition) is 1. The molecule has 1 N–H and O–H groups in total. The number of amides is 1. The first kappa shape index (κ1) is 11.4. The van der Waals surface area contributed by atoms with Gasteiger partial charge in [0.25, 0.3) is 0 Å². The average molecular weight is 189 g/mol. The summed E-state index contributed by atoms with van der Waals surface area (Å²) >= 11 is 0. The van der Waals surface area contributed by atoms with E-state index in [1.165, 1.54) is 6.08 Å². The van der Waals surface area contributed by atoms with Crippen LogP contribution in [0.4, 0.5) is 0 Å². The number of rotatable bonds is 5. The van der Waals surface area contributed by atoms with Crippen LogP contribution in [0.5, 0.6) is 0 Å². The Balaban J connectivity index is 3.31. The minimum absolute atomic E-state index is 0.0839. The lowest BCUT2D eigenvalue weighted by Gasteiger charge is -1.99. The van der Waals surface area contributed by atoms with Gasteiger partial charge in [0.1, 0.15) is 0 Å². The van der Waals surface area contributed by atoms with Crippen LogP contribution in [0.1, 0.15) is 13.3 Å². The van der Waals surface area contributed by atoms with Gasteiger partial charge in [-0.25, -0.2) is 0 Å². The molecule has 0 bridgehead atoms. The molecule has 0 aliphatic heterocycles. The van der Waals surface area contributed by atoms with E-state index < -0.39 is 10.8 Å². The zero-order valence-electron chi connectivity index (χ0n) is 7.50. The van der Waals surface area contributed by atoms with Crippen LogP contribution >= 0.6 is 0 Å². The van der Waals surface area contributed by atoms with Crippen molar-refractivity contribution in [2.24, 2.45) is 0 Å². The molecule has 0 radical (unpaired) electrons. The van der Waals surface area contributed by atoms with Crippen LogP contribution in [0.3, 0.4) is 0 Å². The molecule has 0 spiro atoms. The van der Waals surface area contributed by atoms with Crippen molar-refractivity contribution in [1.29, 1.82) is 0 Å². The quantitative estimate of drug-likeness (QED) is 0.504. The summed E-state index contributed by atoms with van der Waals surface area (Å²) in [5.41, 5.74) is 0. The third-order valence-corrected chi connectivity index (χ3v) is 2.09. The number of hydrogen-bond acceptors (Lipinski definition) is 2. The molecule has 0 heterocycles. The van der Waals surface area contributed by atoms with Crippen LogP contribution in [0.25, 0.3) is 0 Å². The van der Waals surface area contributed by atoms with Gasteiger partial charge >= 0.3 is 0 Å². The van der Waals surface area contributed by atoms with E-state index in [1.807, 2.05) is 0 Å². The van der Waals surface area contributed by atoms with Crippen molar-refractivity contribution < 1.29 is 9.00 Å². The summed E-state index contributed by atoms with van der Waals surface area (Å²) in [4.78, 5) is 10.8. The molecule has 0 aromatic heterocycles. The van der Waals surface area contributed by atoms with Crippen molar-refractivity contribution >= 4 is 16.7 Å². The van der Waals surface area contributed by atoms with Gasteiger partial charge in [0.05, 0.1) is 0 Å². The third kappa shape index (κ3) is 7.47. The van der Waals surface area contributed by atoms with Crippen LogP contribution in [0.15, 0.2) is 12.2 Å². The minimum Gasteiger partial charge on any atom is -0.353 e. The summed E-state index contributed by atoms with van der Waals surface area (Å²) in [6.45, 7) is 2.39. The fraction of sp³-hybridized carbons (Fsp3) is 0.625. The van der Waals surface area contributed by atoms with E-state index in [0.717, 1.165) is 6.42 Å². The van der Waals surface area contributed by atoms with E-state index >= 15 is 0 Å². The Labute approximate surface area is 75.7 Å². The first-order valence-electron chi connectivity index (χ1n) is 3.87. The molecule has 0 aromatic carbocycles. The SMILES string of the molecule is C/C=C/C(=O)NCCCS(C)=O. The number of nitrogens with one attached hydrogen (secondary N) is 1. The molecule has 1 atom stereocenters. The lowest BCUT2D eigenvalue weighted by atomic mass is 10.4. The molecule has 12 heavy (non-hydrogen) atoms. The molecule has 4 heteroatoms. The Bertz CT molecular complexity index is 189. The van der Waals surface area contributed by atoms with Gasteiger partial charge < -0.3 is 5.32 Å². The highest BCUT2D eigenvalue weighted by molar-refractivity contribution is 7.84. The Morgan fingerprint density at radius 2 is 2.25 bits per heavy atom. The largest absolute Gasteiger partial charge is 0.353 e. The maximum atomic E-state index is 10.8. The minimum atomic E-state index is -0.753. The zero-order valence-corrected chi connectivity index (χ0v) is 8.32. The van der Waals surface area contributed by atoms with Gasteiger partial charge in [-0.1, -0.05) is 6.08 Å². The topological polar surface area (TPSA) is 46.2 Å². The number of allylic oxidation sites excluding steroid dienone is 1. The summed E-state index contributed by atoms with van der Waals surface area (Å²) in [5, 5.41) is 2.68. The van der Waals surface area contributed by atoms with E-state index in [0.29, 0.717) is 12.3 Å². The van der Waals surface area contributed by atoms with Gasteiger partial charge in [-0.2, -0.15) is 0 Å². The molecule has 70 valence electrons. The maximum Gasteiger partial charge on any atom is 0.243 e. The lowest BCUT2D eigenvalue weighted by molar-refractivity contribution is -0.116. The van der Waals surface area contributed by atoms with Gasteiger partial charge in [0.15, 0.2) is 0 Å². The van der Waals surface area contributed by atoms with Crippen LogP contribution in [0, 0.1) is 0 Å². The highest BCUT2D eigenvalue weighted by Gasteiger charge is 1.94.